The number of unbranched alkanes of at least 4 members (excludes halogenated alkanes) is 1. The van der Waals surface area contributed by atoms with Gasteiger partial charge in [0.05, 0.1) is 6.61 Å². The van der Waals surface area contributed by atoms with Gasteiger partial charge in [-0.1, -0.05) is 25.5 Å². The summed E-state index contributed by atoms with van der Waals surface area (Å²) in [6.45, 7) is 1.59. The largest absolute Gasteiger partial charge is 0.394 e. The molecule has 0 saturated carbocycles. The van der Waals surface area contributed by atoms with Crippen LogP contribution in [0.4, 0.5) is 5.82 Å². The van der Waals surface area contributed by atoms with E-state index in [2.05, 4.69) is 17.2 Å². The van der Waals surface area contributed by atoms with Gasteiger partial charge >= 0.3 is 5.69 Å². The van der Waals surface area contributed by atoms with Crippen LogP contribution in [-0.2, 0) is 9.53 Å². The van der Waals surface area contributed by atoms with E-state index in [0.717, 1.165) is 17.4 Å². The molecule has 1 aliphatic heterocycles. The Balaban J connectivity index is 1.97. The molecule has 4 N–H and O–H groups in total. The summed E-state index contributed by atoms with van der Waals surface area (Å²) < 4.78 is 6.29. The first kappa shape index (κ1) is 20.2. The van der Waals surface area contributed by atoms with Gasteiger partial charge in [-0.15, -0.1) is 0 Å². The van der Waals surface area contributed by atoms with E-state index in [9.17, 15) is 19.8 Å². The third kappa shape index (κ3) is 4.98. The van der Waals surface area contributed by atoms with Gasteiger partial charge in [0.1, 0.15) is 24.1 Å². The van der Waals surface area contributed by atoms with Crippen LogP contribution in [-0.4, -0.2) is 55.7 Å². The van der Waals surface area contributed by atoms with Crippen molar-refractivity contribution in [3.8, 4) is 0 Å². The minimum atomic E-state index is -1.37. The van der Waals surface area contributed by atoms with Gasteiger partial charge in [-0.2, -0.15) is 4.98 Å². The molecule has 1 amide bonds. The van der Waals surface area contributed by atoms with E-state index in [1.54, 1.807) is 0 Å². The van der Waals surface area contributed by atoms with Gasteiger partial charge in [0.2, 0.25) is 5.91 Å². The normalized spacial score (nSPS) is 25.7. The van der Waals surface area contributed by atoms with E-state index in [4.69, 9.17) is 9.84 Å². The Morgan fingerprint density at radius 2 is 2.08 bits per heavy atom. The van der Waals surface area contributed by atoms with Crippen molar-refractivity contribution in [2.45, 2.75) is 57.1 Å². The summed E-state index contributed by atoms with van der Waals surface area (Å²) >= 11 is 0. The Morgan fingerprint density at radius 1 is 1.35 bits per heavy atom. The Bertz CT molecular complexity index is 689. The van der Waals surface area contributed by atoms with Gasteiger partial charge in [0, 0.05) is 12.6 Å². The van der Waals surface area contributed by atoms with E-state index < -0.39 is 36.8 Å². The molecule has 2 heterocycles. The van der Waals surface area contributed by atoms with Crippen molar-refractivity contribution in [1.29, 1.82) is 0 Å². The zero-order valence-corrected chi connectivity index (χ0v) is 14.6. The number of allylic oxidation sites excluding steroid dienone is 2. The lowest BCUT2D eigenvalue weighted by Gasteiger charge is -2.17. The quantitative estimate of drug-likeness (QED) is 0.473. The molecule has 0 radical (unpaired) electrons. The number of aliphatic hydroxyl groups is 3. The number of anilines is 1. The van der Waals surface area contributed by atoms with Crippen LogP contribution in [0.3, 0.4) is 0 Å². The summed E-state index contributed by atoms with van der Waals surface area (Å²) in [6, 6.07) is 1.40. The Kier molecular flexibility index (Phi) is 7.46. The lowest BCUT2D eigenvalue weighted by molar-refractivity contribution is -0.116. The molecule has 4 atom stereocenters. The van der Waals surface area contributed by atoms with Gasteiger partial charge in [-0.05, 0) is 18.9 Å². The zero-order valence-electron chi connectivity index (χ0n) is 14.6. The second-order valence-electron chi connectivity index (χ2n) is 6.08. The SMILES string of the molecule is CCC/C=C/CCC(=O)Nc1ccn([C@@H]2O[C@H](CO)[C@@H](O)[C@@H]2O)c(=O)n1. The predicted octanol–water partition coefficient (Wildman–Crippen LogP) is -0.0702. The van der Waals surface area contributed by atoms with E-state index >= 15 is 0 Å². The molecule has 144 valence electrons. The van der Waals surface area contributed by atoms with Crippen LogP contribution in [0, 0.1) is 0 Å². The second-order valence-corrected chi connectivity index (χ2v) is 6.08. The van der Waals surface area contributed by atoms with Crippen LogP contribution >= 0.6 is 0 Å². The van der Waals surface area contributed by atoms with Gasteiger partial charge in [0.25, 0.3) is 0 Å². The third-order valence-electron chi connectivity index (χ3n) is 4.05. The first-order valence-corrected chi connectivity index (χ1v) is 8.64. The fraction of sp³-hybridized carbons (Fsp3) is 0.588. The Morgan fingerprint density at radius 3 is 2.69 bits per heavy atom. The number of ether oxygens (including phenoxy) is 1. The monoisotopic (exact) mass is 367 g/mol. The van der Waals surface area contributed by atoms with Crippen LogP contribution in [0.25, 0.3) is 0 Å². The molecule has 2 rings (SSSR count). The summed E-state index contributed by atoms with van der Waals surface area (Å²) in [4.78, 5) is 27.7. The van der Waals surface area contributed by atoms with E-state index in [-0.39, 0.29) is 18.1 Å². The molecule has 0 unspecified atom stereocenters. The molecule has 9 nitrogen and oxygen atoms in total. The number of carbonyl (C=O) groups is 1. The van der Waals surface area contributed by atoms with E-state index in [1.165, 1.54) is 12.3 Å². The lowest BCUT2D eigenvalue weighted by Crippen LogP contribution is -2.36. The van der Waals surface area contributed by atoms with Gasteiger partial charge in [-0.3, -0.25) is 9.36 Å². The van der Waals surface area contributed by atoms with Gasteiger partial charge in [0.15, 0.2) is 6.23 Å². The molecule has 0 spiro atoms. The average Bonchev–Trinajstić information content (AvgIpc) is 2.90. The number of aromatic nitrogens is 2. The number of aliphatic hydroxyl groups excluding tert-OH is 3. The standard InChI is InChI=1S/C17H25N3O6/c1-2-3-4-5-6-7-13(22)18-12-8-9-20(17(25)19-12)16-15(24)14(23)11(10-21)26-16/h4-5,8-9,11,14-16,21,23-24H,2-3,6-7,10H2,1H3,(H,18,19,22,25)/b5-4+/t11-,14-,15+,16-/m1/s1. The second kappa shape index (κ2) is 9.58. The molecule has 1 aromatic rings. The molecule has 0 aliphatic carbocycles. The number of carbonyl (C=O) groups excluding carboxylic acids is 1. The summed E-state index contributed by atoms with van der Waals surface area (Å²) in [7, 11) is 0. The molecular weight excluding hydrogens is 342 g/mol. The van der Waals surface area contributed by atoms with Crippen LogP contribution in [0.2, 0.25) is 0 Å². The van der Waals surface area contributed by atoms with Crippen molar-refractivity contribution >= 4 is 11.7 Å². The maximum Gasteiger partial charge on any atom is 0.351 e. The zero-order chi connectivity index (χ0) is 19.1. The van der Waals surface area contributed by atoms with Crippen LogP contribution in [0.1, 0.15) is 38.8 Å². The minimum Gasteiger partial charge on any atom is -0.394 e. The molecule has 0 aromatic carbocycles. The van der Waals surface area contributed by atoms with Gasteiger partial charge in [-0.25, -0.2) is 4.79 Å². The first-order valence-electron chi connectivity index (χ1n) is 8.64. The Hall–Kier alpha value is -2.07. The molecule has 1 aromatic heterocycles. The minimum absolute atomic E-state index is 0.0977. The highest BCUT2D eigenvalue weighted by atomic mass is 16.6. The fourth-order valence-electron chi connectivity index (χ4n) is 2.61. The van der Waals surface area contributed by atoms with Crippen LogP contribution in [0.5, 0.6) is 0 Å². The van der Waals surface area contributed by atoms with Crippen molar-refractivity contribution in [2.24, 2.45) is 0 Å². The van der Waals surface area contributed by atoms with Crippen molar-refractivity contribution in [3.05, 3.63) is 34.9 Å². The highest BCUT2D eigenvalue weighted by Gasteiger charge is 2.43. The summed E-state index contributed by atoms with van der Waals surface area (Å²) in [5.41, 5.74) is -0.750. The molecule has 1 aliphatic rings. The van der Waals surface area contributed by atoms with Gasteiger partial charge < -0.3 is 25.4 Å². The number of nitrogens with one attached hydrogen (secondary N) is 1. The van der Waals surface area contributed by atoms with Crippen molar-refractivity contribution < 1.29 is 24.9 Å². The highest BCUT2D eigenvalue weighted by molar-refractivity contribution is 5.89. The number of amides is 1. The predicted molar refractivity (Wildman–Crippen MR) is 93.4 cm³/mol. The number of hydrogen-bond acceptors (Lipinski definition) is 7. The topological polar surface area (TPSA) is 134 Å². The van der Waals surface area contributed by atoms with Crippen molar-refractivity contribution in [1.82, 2.24) is 9.55 Å². The average molecular weight is 367 g/mol. The molecule has 9 heteroatoms. The molecular formula is C17H25N3O6. The van der Waals surface area contributed by atoms with Crippen molar-refractivity contribution in [3.63, 3.8) is 0 Å². The lowest BCUT2D eigenvalue weighted by atomic mass is 10.1. The fourth-order valence-corrected chi connectivity index (χ4v) is 2.61. The Labute approximate surface area is 150 Å². The maximum absolute atomic E-state index is 12.1. The highest BCUT2D eigenvalue weighted by Crippen LogP contribution is 2.28. The van der Waals surface area contributed by atoms with Crippen molar-refractivity contribution in [2.75, 3.05) is 11.9 Å². The van der Waals surface area contributed by atoms with Crippen LogP contribution < -0.4 is 11.0 Å². The third-order valence-corrected chi connectivity index (χ3v) is 4.05. The summed E-state index contributed by atoms with van der Waals surface area (Å²) in [5.74, 6) is -0.163. The molecule has 26 heavy (non-hydrogen) atoms. The molecule has 1 fully saturated rings. The summed E-state index contributed by atoms with van der Waals surface area (Å²) in [6.07, 6.45) is 3.36. The smallest absolute Gasteiger partial charge is 0.351 e. The molecule has 1 saturated heterocycles. The number of hydrogen-bond donors (Lipinski definition) is 4. The van der Waals surface area contributed by atoms with Crippen LogP contribution in [0.15, 0.2) is 29.2 Å². The molecule has 0 bridgehead atoms. The van der Waals surface area contributed by atoms with E-state index in [1.807, 2.05) is 12.2 Å². The number of nitrogens with zero attached hydrogens (tertiary/aromatic N) is 2. The first-order chi connectivity index (χ1) is 12.5. The number of rotatable bonds is 8. The van der Waals surface area contributed by atoms with E-state index in [0.29, 0.717) is 6.42 Å². The summed E-state index contributed by atoms with van der Waals surface area (Å²) in [5, 5.41) is 31.4. The maximum atomic E-state index is 12.1.